The second-order valence-electron chi connectivity index (χ2n) is 9.48. The molecule has 34 heavy (non-hydrogen) atoms. The number of nitrogens with zero attached hydrogens (tertiary/aromatic N) is 7. The number of benzene rings is 1. The fourth-order valence-corrected chi connectivity index (χ4v) is 4.14. The second-order valence-corrected chi connectivity index (χ2v) is 9.89. The highest BCUT2D eigenvalue weighted by Gasteiger charge is 2.26. The van der Waals surface area contributed by atoms with Gasteiger partial charge in [0.2, 0.25) is 5.65 Å². The SMILES string of the molecule is Cc1ccc2oc(N3CCN(C(=O)c4ccc(-n5cnc(C(C)(C)C)n5)c(Cl)c4)CC3)nc2n1. The molecule has 5 rings (SSSR count). The summed E-state index contributed by atoms with van der Waals surface area (Å²) in [6.07, 6.45) is 1.64. The molecule has 1 aliphatic rings. The molecule has 0 spiro atoms. The van der Waals surface area contributed by atoms with E-state index in [1.165, 1.54) is 0 Å². The summed E-state index contributed by atoms with van der Waals surface area (Å²) in [6, 6.07) is 9.60. The van der Waals surface area contributed by atoms with Crippen LogP contribution in [0.5, 0.6) is 0 Å². The van der Waals surface area contributed by atoms with E-state index in [1.807, 2.05) is 28.9 Å². The molecule has 176 valence electrons. The van der Waals surface area contributed by atoms with Crippen molar-refractivity contribution in [3.05, 3.63) is 58.8 Å². The van der Waals surface area contributed by atoms with Crippen molar-refractivity contribution in [2.75, 3.05) is 31.1 Å². The van der Waals surface area contributed by atoms with Crippen molar-refractivity contribution in [3.8, 4) is 5.69 Å². The van der Waals surface area contributed by atoms with Crippen LogP contribution in [0.1, 0.15) is 42.6 Å². The number of hydrogen-bond acceptors (Lipinski definition) is 7. The van der Waals surface area contributed by atoms with Crippen LogP contribution in [0.2, 0.25) is 5.02 Å². The van der Waals surface area contributed by atoms with E-state index in [0.29, 0.717) is 59.7 Å². The molecule has 1 aliphatic heterocycles. The Bertz CT molecular complexity index is 1360. The summed E-state index contributed by atoms with van der Waals surface area (Å²) >= 11 is 6.53. The number of anilines is 1. The van der Waals surface area contributed by atoms with Crippen molar-refractivity contribution in [2.45, 2.75) is 33.1 Å². The van der Waals surface area contributed by atoms with Crippen LogP contribution in [0.25, 0.3) is 16.9 Å². The zero-order chi connectivity index (χ0) is 24.0. The molecule has 0 atom stereocenters. The van der Waals surface area contributed by atoms with Crippen molar-refractivity contribution < 1.29 is 9.21 Å². The summed E-state index contributed by atoms with van der Waals surface area (Å²) in [6.45, 7) is 10.4. The topological polar surface area (TPSA) is 93.2 Å². The standard InChI is InChI=1S/C24H26ClN7O2/c1-15-5-8-19-20(27-15)28-23(34-19)31-11-9-30(10-12-31)21(33)16-6-7-18(17(25)13-16)32-14-26-22(29-32)24(2,3)4/h5-8,13-14H,9-12H2,1-4H3. The maximum absolute atomic E-state index is 13.1. The van der Waals surface area contributed by atoms with Crippen LogP contribution in [-0.4, -0.2) is 61.7 Å². The van der Waals surface area contributed by atoms with Crippen LogP contribution in [0.4, 0.5) is 6.01 Å². The summed E-state index contributed by atoms with van der Waals surface area (Å²) in [5.74, 6) is 0.670. The molecule has 3 aromatic heterocycles. The number of piperazine rings is 1. The van der Waals surface area contributed by atoms with Gasteiger partial charge in [0.05, 0.1) is 10.7 Å². The van der Waals surface area contributed by atoms with Crippen molar-refractivity contribution >= 4 is 34.8 Å². The third-order valence-corrected chi connectivity index (χ3v) is 6.13. The third kappa shape index (κ3) is 4.23. The number of amides is 1. The molecule has 0 radical (unpaired) electrons. The van der Waals surface area contributed by atoms with E-state index < -0.39 is 0 Å². The number of fused-ring (bicyclic) bond motifs is 1. The molecule has 0 N–H and O–H groups in total. The van der Waals surface area contributed by atoms with Crippen molar-refractivity contribution in [1.29, 1.82) is 0 Å². The molecule has 1 amide bonds. The number of oxazole rings is 1. The molecule has 0 unspecified atom stereocenters. The normalized spacial score (nSPS) is 14.7. The van der Waals surface area contributed by atoms with Gasteiger partial charge in [-0.25, -0.2) is 14.6 Å². The van der Waals surface area contributed by atoms with Gasteiger partial charge in [-0.15, -0.1) is 0 Å². The quantitative estimate of drug-likeness (QED) is 0.438. The Kier molecular flexibility index (Phi) is 5.51. The summed E-state index contributed by atoms with van der Waals surface area (Å²) in [7, 11) is 0. The van der Waals surface area contributed by atoms with E-state index in [4.69, 9.17) is 16.0 Å². The lowest BCUT2D eigenvalue weighted by Crippen LogP contribution is -2.48. The number of carbonyl (C=O) groups is 1. The minimum absolute atomic E-state index is 0.0584. The van der Waals surface area contributed by atoms with Crippen LogP contribution >= 0.6 is 11.6 Å². The molecule has 9 nitrogen and oxygen atoms in total. The highest BCUT2D eigenvalue weighted by molar-refractivity contribution is 6.32. The number of pyridine rings is 1. The molecule has 4 aromatic rings. The minimum Gasteiger partial charge on any atom is -0.422 e. The summed E-state index contributed by atoms with van der Waals surface area (Å²) < 4.78 is 7.50. The molecule has 1 fully saturated rings. The zero-order valence-corrected chi connectivity index (χ0v) is 20.4. The number of aryl methyl sites for hydroxylation is 1. The smallest absolute Gasteiger partial charge is 0.300 e. The number of aromatic nitrogens is 5. The Balaban J connectivity index is 1.27. The van der Waals surface area contributed by atoms with Crippen LogP contribution in [0.3, 0.4) is 0 Å². The van der Waals surface area contributed by atoms with E-state index in [2.05, 4.69) is 40.8 Å². The largest absolute Gasteiger partial charge is 0.422 e. The van der Waals surface area contributed by atoms with E-state index in [9.17, 15) is 4.79 Å². The first kappa shape index (κ1) is 22.3. The first-order chi connectivity index (χ1) is 16.2. The first-order valence-corrected chi connectivity index (χ1v) is 11.6. The van der Waals surface area contributed by atoms with Crippen LogP contribution in [0.15, 0.2) is 41.1 Å². The minimum atomic E-state index is -0.164. The average Bonchev–Trinajstić information content (AvgIpc) is 3.46. The maximum Gasteiger partial charge on any atom is 0.300 e. The van der Waals surface area contributed by atoms with E-state index in [-0.39, 0.29) is 11.3 Å². The van der Waals surface area contributed by atoms with Gasteiger partial charge in [-0.1, -0.05) is 32.4 Å². The van der Waals surface area contributed by atoms with Crippen LogP contribution in [0, 0.1) is 6.92 Å². The van der Waals surface area contributed by atoms with Gasteiger partial charge in [-0.3, -0.25) is 4.79 Å². The molecular weight excluding hydrogens is 454 g/mol. The van der Waals surface area contributed by atoms with Crippen molar-refractivity contribution in [1.82, 2.24) is 29.6 Å². The van der Waals surface area contributed by atoms with Crippen LogP contribution < -0.4 is 4.90 Å². The lowest BCUT2D eigenvalue weighted by molar-refractivity contribution is 0.0745. The molecule has 1 aromatic carbocycles. The van der Waals surface area contributed by atoms with Gasteiger partial charge >= 0.3 is 0 Å². The van der Waals surface area contributed by atoms with Crippen molar-refractivity contribution in [3.63, 3.8) is 0 Å². The molecule has 4 heterocycles. The first-order valence-electron chi connectivity index (χ1n) is 11.2. The van der Waals surface area contributed by atoms with E-state index >= 15 is 0 Å². The fraction of sp³-hybridized carbons (Fsp3) is 0.375. The predicted octanol–water partition coefficient (Wildman–Crippen LogP) is 4.03. The number of halogens is 1. The molecule has 0 bridgehead atoms. The summed E-state index contributed by atoms with van der Waals surface area (Å²) in [4.78, 5) is 30.3. The molecule has 1 saturated heterocycles. The van der Waals surface area contributed by atoms with Gasteiger partial charge in [-0.05, 0) is 37.3 Å². The van der Waals surface area contributed by atoms with Gasteiger partial charge in [-0.2, -0.15) is 10.1 Å². The monoisotopic (exact) mass is 479 g/mol. The Labute approximate surface area is 202 Å². The summed E-state index contributed by atoms with van der Waals surface area (Å²) in [5.41, 5.74) is 3.22. The van der Waals surface area contributed by atoms with Crippen molar-refractivity contribution in [2.24, 2.45) is 0 Å². The van der Waals surface area contributed by atoms with Gasteiger partial charge in [0.1, 0.15) is 6.33 Å². The highest BCUT2D eigenvalue weighted by atomic mass is 35.5. The Morgan fingerprint density at radius 3 is 2.50 bits per heavy atom. The van der Waals surface area contributed by atoms with Gasteiger partial charge < -0.3 is 14.2 Å². The summed E-state index contributed by atoms with van der Waals surface area (Å²) in [5, 5.41) is 4.98. The molecule has 0 saturated carbocycles. The van der Waals surface area contributed by atoms with Gasteiger partial charge in [0.25, 0.3) is 11.9 Å². The number of rotatable bonds is 3. The lowest BCUT2D eigenvalue weighted by Gasteiger charge is -2.33. The number of hydrogen-bond donors (Lipinski definition) is 0. The maximum atomic E-state index is 13.1. The van der Waals surface area contributed by atoms with E-state index in [0.717, 1.165) is 11.5 Å². The van der Waals surface area contributed by atoms with Crippen LogP contribution in [-0.2, 0) is 5.41 Å². The van der Waals surface area contributed by atoms with Gasteiger partial charge in [0.15, 0.2) is 11.4 Å². The molecule has 0 aliphatic carbocycles. The number of carbonyl (C=O) groups excluding carboxylic acids is 1. The Morgan fingerprint density at radius 2 is 1.82 bits per heavy atom. The average molecular weight is 480 g/mol. The Morgan fingerprint density at radius 1 is 1.06 bits per heavy atom. The lowest BCUT2D eigenvalue weighted by atomic mass is 9.96. The highest BCUT2D eigenvalue weighted by Crippen LogP contribution is 2.26. The molecular formula is C24H26ClN7O2. The fourth-order valence-electron chi connectivity index (χ4n) is 3.87. The second kappa shape index (κ2) is 8.39. The third-order valence-electron chi connectivity index (χ3n) is 5.82. The Hall–Kier alpha value is -3.46. The zero-order valence-electron chi connectivity index (χ0n) is 19.6. The molecule has 10 heteroatoms. The predicted molar refractivity (Wildman–Crippen MR) is 130 cm³/mol. The van der Waals surface area contributed by atoms with E-state index in [1.54, 1.807) is 29.2 Å². The van der Waals surface area contributed by atoms with Gasteiger partial charge in [0, 0.05) is 42.9 Å².